The SMILES string of the molecule is C=C(C)[C@@H]1CC[C@]2(C(=O)OC)CC[C@]3(C)[C@H](CC[C@@H]4[C@@]5(C)C[C@@H](OC(C)=O)C(=O)C(C)(C)[C@@H]5CC[C@]43C)[C@@H]12. The summed E-state index contributed by atoms with van der Waals surface area (Å²) in [4.78, 5) is 39.0. The van der Waals surface area contributed by atoms with Gasteiger partial charge in [-0.05, 0) is 111 Å². The summed E-state index contributed by atoms with van der Waals surface area (Å²) in [5.41, 5.74) is 0.403. The molecule has 0 radical (unpaired) electrons. The zero-order chi connectivity index (χ0) is 28.1. The number of ketones is 1. The molecule has 0 aromatic rings. The molecule has 0 spiro atoms. The number of rotatable bonds is 3. The summed E-state index contributed by atoms with van der Waals surface area (Å²) < 4.78 is 11.2. The van der Waals surface area contributed by atoms with Crippen LogP contribution in [0.4, 0.5) is 0 Å². The van der Waals surface area contributed by atoms with Crippen molar-refractivity contribution in [2.24, 2.45) is 56.7 Å². The predicted molar refractivity (Wildman–Crippen MR) is 147 cm³/mol. The summed E-state index contributed by atoms with van der Waals surface area (Å²) >= 11 is 0. The second-order valence-electron chi connectivity index (χ2n) is 15.2. The molecule has 5 heteroatoms. The molecule has 0 N–H and O–H groups in total. The first-order valence-electron chi connectivity index (χ1n) is 15.1. The number of carbonyl (C=O) groups is 3. The lowest BCUT2D eigenvalue weighted by Gasteiger charge is -2.72. The molecule has 38 heavy (non-hydrogen) atoms. The third-order valence-electron chi connectivity index (χ3n) is 13.7. The van der Waals surface area contributed by atoms with Crippen molar-refractivity contribution in [2.45, 2.75) is 112 Å². The van der Waals surface area contributed by atoms with Crippen LogP contribution in [0, 0.1) is 56.7 Å². The minimum Gasteiger partial charge on any atom is -0.469 e. The molecule has 5 rings (SSSR count). The number of esters is 2. The van der Waals surface area contributed by atoms with E-state index in [0.717, 1.165) is 51.4 Å². The van der Waals surface area contributed by atoms with Crippen molar-refractivity contribution < 1.29 is 23.9 Å². The van der Waals surface area contributed by atoms with Crippen LogP contribution in [0.5, 0.6) is 0 Å². The molecular weight excluding hydrogens is 476 g/mol. The van der Waals surface area contributed by atoms with Crippen molar-refractivity contribution in [1.82, 2.24) is 0 Å². The third kappa shape index (κ3) is 3.38. The standard InChI is InChI=1S/C33H50O5/c1-19(2)21-12-15-33(28(36)37-9)17-16-31(7)22(26(21)33)10-11-25-30(6)18-23(38-20(3)34)27(35)29(4,5)24(30)13-14-32(25,31)8/h21-26H,1,10-18H2,2-9H3/t21-,22+,23+,24-,25+,26+,30-,31+,32+,33-/m0/s1. The molecule has 5 nitrogen and oxygen atoms in total. The van der Waals surface area contributed by atoms with E-state index in [9.17, 15) is 14.4 Å². The summed E-state index contributed by atoms with van der Waals surface area (Å²) in [6, 6.07) is 0. The molecule has 0 aliphatic heterocycles. The van der Waals surface area contributed by atoms with Gasteiger partial charge in [0.2, 0.25) is 0 Å². The molecule has 5 fully saturated rings. The zero-order valence-electron chi connectivity index (χ0n) is 25.1. The van der Waals surface area contributed by atoms with Gasteiger partial charge in [-0.25, -0.2) is 0 Å². The minimum absolute atomic E-state index is 0.00647. The van der Waals surface area contributed by atoms with E-state index in [1.165, 1.54) is 12.5 Å². The van der Waals surface area contributed by atoms with Crippen LogP contribution >= 0.6 is 0 Å². The Labute approximate surface area is 229 Å². The average Bonchev–Trinajstić information content (AvgIpc) is 3.23. The van der Waals surface area contributed by atoms with Crippen LogP contribution in [0.25, 0.3) is 0 Å². The fourth-order valence-corrected chi connectivity index (χ4v) is 11.9. The predicted octanol–water partition coefficient (Wildman–Crippen LogP) is 6.93. The van der Waals surface area contributed by atoms with Crippen LogP contribution in [-0.4, -0.2) is 30.9 Å². The number of hydrogen-bond acceptors (Lipinski definition) is 5. The summed E-state index contributed by atoms with van der Waals surface area (Å²) in [6.45, 7) is 19.6. The Bertz CT molecular complexity index is 1060. The van der Waals surface area contributed by atoms with Crippen molar-refractivity contribution in [3.8, 4) is 0 Å². The van der Waals surface area contributed by atoms with Gasteiger partial charge < -0.3 is 9.47 Å². The maximum atomic E-state index is 13.5. The molecule has 212 valence electrons. The van der Waals surface area contributed by atoms with Crippen LogP contribution in [0.2, 0.25) is 0 Å². The summed E-state index contributed by atoms with van der Waals surface area (Å²) in [5, 5.41) is 0. The maximum absolute atomic E-state index is 13.5. The molecular formula is C33H50O5. The second kappa shape index (κ2) is 8.67. The molecule has 5 aliphatic carbocycles. The van der Waals surface area contributed by atoms with E-state index >= 15 is 0 Å². The lowest BCUT2D eigenvalue weighted by atomic mass is 9.32. The first-order chi connectivity index (χ1) is 17.6. The van der Waals surface area contributed by atoms with E-state index in [0.29, 0.717) is 24.2 Å². The Balaban J connectivity index is 1.57. The van der Waals surface area contributed by atoms with E-state index < -0.39 is 11.5 Å². The van der Waals surface area contributed by atoms with Crippen LogP contribution < -0.4 is 0 Å². The fraction of sp³-hybridized carbons (Fsp3) is 0.848. The highest BCUT2D eigenvalue weighted by atomic mass is 16.5. The first kappa shape index (κ1) is 27.9. The van der Waals surface area contributed by atoms with Gasteiger partial charge in [-0.2, -0.15) is 0 Å². The van der Waals surface area contributed by atoms with E-state index in [1.54, 1.807) is 7.11 Å². The Kier molecular flexibility index (Phi) is 6.37. The van der Waals surface area contributed by atoms with Crippen LogP contribution in [0.1, 0.15) is 106 Å². The van der Waals surface area contributed by atoms with Crippen LogP contribution in [0.3, 0.4) is 0 Å². The number of Topliss-reactive ketones (excluding diaryl/α,β-unsaturated/α-hetero) is 1. The third-order valence-corrected chi connectivity index (χ3v) is 13.7. The topological polar surface area (TPSA) is 69.7 Å². The highest BCUT2D eigenvalue weighted by Gasteiger charge is 2.73. The molecule has 0 amide bonds. The zero-order valence-corrected chi connectivity index (χ0v) is 25.1. The fourth-order valence-electron chi connectivity index (χ4n) is 11.9. The Hall–Kier alpha value is -1.65. The Morgan fingerprint density at radius 3 is 2.16 bits per heavy atom. The molecule has 0 aromatic heterocycles. The first-order valence-corrected chi connectivity index (χ1v) is 15.1. The molecule has 0 bridgehead atoms. The molecule has 5 saturated carbocycles. The van der Waals surface area contributed by atoms with Gasteiger partial charge in [0.05, 0.1) is 12.5 Å². The highest BCUT2D eigenvalue weighted by Crippen LogP contribution is 2.77. The van der Waals surface area contributed by atoms with E-state index in [2.05, 4.69) is 48.1 Å². The number of allylic oxidation sites excluding steroid dienone is 1. The van der Waals surface area contributed by atoms with Gasteiger partial charge >= 0.3 is 11.9 Å². The van der Waals surface area contributed by atoms with E-state index in [-0.39, 0.29) is 51.2 Å². The van der Waals surface area contributed by atoms with E-state index in [4.69, 9.17) is 9.47 Å². The normalized spacial score (nSPS) is 49.1. The van der Waals surface area contributed by atoms with Gasteiger partial charge in [0.25, 0.3) is 0 Å². The van der Waals surface area contributed by atoms with Crippen LogP contribution in [-0.2, 0) is 23.9 Å². The summed E-state index contributed by atoms with van der Waals surface area (Å²) in [7, 11) is 1.56. The van der Waals surface area contributed by atoms with Crippen molar-refractivity contribution in [3.05, 3.63) is 12.2 Å². The van der Waals surface area contributed by atoms with Gasteiger partial charge in [0, 0.05) is 12.3 Å². The number of hydrogen-bond donors (Lipinski definition) is 0. The average molecular weight is 527 g/mol. The Morgan fingerprint density at radius 1 is 0.868 bits per heavy atom. The molecule has 0 unspecified atom stereocenters. The Morgan fingerprint density at radius 2 is 1.55 bits per heavy atom. The summed E-state index contributed by atoms with van der Waals surface area (Å²) in [5.74, 6) is 1.54. The van der Waals surface area contributed by atoms with Crippen molar-refractivity contribution >= 4 is 17.7 Å². The molecule has 5 aliphatic rings. The number of ether oxygens (including phenoxy) is 2. The smallest absolute Gasteiger partial charge is 0.312 e. The van der Waals surface area contributed by atoms with Gasteiger partial charge in [0.1, 0.15) is 0 Å². The lowest BCUT2D eigenvalue weighted by Crippen LogP contribution is -2.68. The molecule has 10 atom stereocenters. The maximum Gasteiger partial charge on any atom is 0.312 e. The van der Waals surface area contributed by atoms with Crippen molar-refractivity contribution in [2.75, 3.05) is 7.11 Å². The number of methoxy groups -OCH3 is 1. The van der Waals surface area contributed by atoms with Gasteiger partial charge in [0.15, 0.2) is 11.9 Å². The molecule has 0 aromatic carbocycles. The van der Waals surface area contributed by atoms with Gasteiger partial charge in [-0.1, -0.05) is 46.8 Å². The quantitative estimate of drug-likeness (QED) is 0.295. The van der Waals surface area contributed by atoms with Crippen LogP contribution in [0.15, 0.2) is 12.2 Å². The van der Waals surface area contributed by atoms with Crippen molar-refractivity contribution in [1.29, 1.82) is 0 Å². The summed E-state index contributed by atoms with van der Waals surface area (Å²) in [6.07, 6.45) is 8.16. The molecule has 0 saturated heterocycles. The van der Waals surface area contributed by atoms with E-state index in [1.807, 2.05) is 0 Å². The van der Waals surface area contributed by atoms with Gasteiger partial charge in [-0.3, -0.25) is 14.4 Å². The van der Waals surface area contributed by atoms with Gasteiger partial charge in [-0.15, -0.1) is 0 Å². The minimum atomic E-state index is -0.655. The number of carbonyl (C=O) groups excluding carboxylic acids is 3. The lowest BCUT2D eigenvalue weighted by molar-refractivity contribution is -0.243. The highest BCUT2D eigenvalue weighted by molar-refractivity contribution is 5.91. The second-order valence-corrected chi connectivity index (χ2v) is 15.2. The number of fused-ring (bicyclic) bond motifs is 7. The molecule has 0 heterocycles. The van der Waals surface area contributed by atoms with Crippen molar-refractivity contribution in [3.63, 3.8) is 0 Å². The monoisotopic (exact) mass is 526 g/mol. The largest absolute Gasteiger partial charge is 0.469 e.